The van der Waals surface area contributed by atoms with Gasteiger partial charge in [0, 0.05) is 31.4 Å². The molecular weight excluding hydrogens is 244 g/mol. The molecule has 1 unspecified atom stereocenters. The Balaban J connectivity index is 1.71. The van der Waals surface area contributed by atoms with Gasteiger partial charge in [0.2, 0.25) is 0 Å². The normalized spacial score (nSPS) is 20.6. The highest BCUT2D eigenvalue weighted by atomic mass is 15.2. The third kappa shape index (κ3) is 1.83. The summed E-state index contributed by atoms with van der Waals surface area (Å²) in [6.45, 7) is 5.57. The Morgan fingerprint density at radius 3 is 2.80 bits per heavy atom. The van der Waals surface area contributed by atoms with Crippen molar-refractivity contribution in [3.8, 4) is 11.1 Å². The molecule has 0 saturated carbocycles. The molecule has 2 heteroatoms. The number of fused-ring (bicyclic) bond motifs is 3. The molecule has 2 aliphatic rings. The topological polar surface area (TPSA) is 15.3 Å². The van der Waals surface area contributed by atoms with Crippen molar-refractivity contribution in [3.63, 3.8) is 0 Å². The van der Waals surface area contributed by atoms with Gasteiger partial charge in [0.1, 0.15) is 0 Å². The lowest BCUT2D eigenvalue weighted by atomic mass is 10.0. The van der Waals surface area contributed by atoms with Gasteiger partial charge in [-0.2, -0.15) is 0 Å². The van der Waals surface area contributed by atoms with Gasteiger partial charge in [-0.3, -0.25) is 0 Å². The van der Waals surface area contributed by atoms with E-state index in [1.807, 2.05) is 0 Å². The van der Waals surface area contributed by atoms with E-state index in [9.17, 15) is 0 Å². The monoisotopic (exact) mass is 264 g/mol. The Morgan fingerprint density at radius 1 is 1.05 bits per heavy atom. The SMILES string of the molecule is CC1CNCCN1c1ccc2c(c1)Cc1ccccc1-2. The number of piperazine rings is 1. The molecule has 4 rings (SSSR count). The number of nitrogens with one attached hydrogen (secondary N) is 1. The highest BCUT2D eigenvalue weighted by Gasteiger charge is 2.22. The lowest BCUT2D eigenvalue weighted by Gasteiger charge is -2.36. The third-order valence-electron chi connectivity index (χ3n) is 4.61. The van der Waals surface area contributed by atoms with E-state index in [0.29, 0.717) is 6.04 Å². The summed E-state index contributed by atoms with van der Waals surface area (Å²) in [5, 5.41) is 3.46. The number of hydrogen-bond donors (Lipinski definition) is 1. The minimum Gasteiger partial charge on any atom is -0.366 e. The summed E-state index contributed by atoms with van der Waals surface area (Å²) in [4.78, 5) is 2.53. The molecule has 0 amide bonds. The maximum atomic E-state index is 3.46. The van der Waals surface area contributed by atoms with Crippen LogP contribution in [0, 0.1) is 0 Å². The van der Waals surface area contributed by atoms with Crippen LogP contribution in [0.5, 0.6) is 0 Å². The van der Waals surface area contributed by atoms with Crippen LogP contribution in [-0.2, 0) is 6.42 Å². The van der Waals surface area contributed by atoms with E-state index in [-0.39, 0.29) is 0 Å². The van der Waals surface area contributed by atoms with Gasteiger partial charge in [0.05, 0.1) is 0 Å². The summed E-state index contributed by atoms with van der Waals surface area (Å²) < 4.78 is 0. The average Bonchev–Trinajstić information content (AvgIpc) is 2.85. The van der Waals surface area contributed by atoms with Gasteiger partial charge >= 0.3 is 0 Å². The molecule has 1 fully saturated rings. The first-order chi connectivity index (χ1) is 9.83. The molecule has 1 atom stereocenters. The fourth-order valence-electron chi connectivity index (χ4n) is 3.53. The highest BCUT2D eigenvalue weighted by molar-refractivity contribution is 5.78. The molecule has 0 bridgehead atoms. The van der Waals surface area contributed by atoms with Crippen LogP contribution in [0.1, 0.15) is 18.1 Å². The molecule has 2 aromatic carbocycles. The van der Waals surface area contributed by atoms with Crippen molar-refractivity contribution in [1.29, 1.82) is 0 Å². The molecule has 0 aromatic heterocycles. The predicted molar refractivity (Wildman–Crippen MR) is 84.4 cm³/mol. The molecule has 0 radical (unpaired) electrons. The van der Waals surface area contributed by atoms with Gasteiger partial charge in [0.25, 0.3) is 0 Å². The zero-order valence-corrected chi connectivity index (χ0v) is 11.9. The van der Waals surface area contributed by atoms with E-state index in [1.165, 1.54) is 27.9 Å². The van der Waals surface area contributed by atoms with Gasteiger partial charge in [-0.25, -0.2) is 0 Å². The van der Waals surface area contributed by atoms with Gasteiger partial charge < -0.3 is 10.2 Å². The summed E-state index contributed by atoms with van der Waals surface area (Å²) in [7, 11) is 0. The molecule has 2 nitrogen and oxygen atoms in total. The first-order valence-electron chi connectivity index (χ1n) is 7.51. The summed E-state index contributed by atoms with van der Waals surface area (Å²) in [6, 6.07) is 16.4. The zero-order valence-electron chi connectivity index (χ0n) is 11.9. The highest BCUT2D eigenvalue weighted by Crippen LogP contribution is 2.38. The van der Waals surface area contributed by atoms with Crippen LogP contribution in [-0.4, -0.2) is 25.7 Å². The quantitative estimate of drug-likeness (QED) is 0.726. The minimum absolute atomic E-state index is 0.575. The average molecular weight is 264 g/mol. The van der Waals surface area contributed by atoms with Crippen LogP contribution < -0.4 is 10.2 Å². The summed E-state index contributed by atoms with van der Waals surface area (Å²) in [5.41, 5.74) is 7.17. The Kier molecular flexibility index (Phi) is 2.78. The van der Waals surface area contributed by atoms with Gasteiger partial charge in [-0.15, -0.1) is 0 Å². The Hall–Kier alpha value is -1.80. The van der Waals surface area contributed by atoms with Crippen LogP contribution >= 0.6 is 0 Å². The summed E-state index contributed by atoms with van der Waals surface area (Å²) in [6.07, 6.45) is 1.08. The fraction of sp³-hybridized carbons (Fsp3) is 0.333. The maximum Gasteiger partial charge on any atom is 0.0386 e. The maximum absolute atomic E-state index is 3.46. The second kappa shape index (κ2) is 4.64. The van der Waals surface area contributed by atoms with Gasteiger partial charge in [0.15, 0.2) is 0 Å². The number of hydrogen-bond acceptors (Lipinski definition) is 2. The molecule has 1 N–H and O–H groups in total. The van der Waals surface area contributed by atoms with Crippen molar-refractivity contribution < 1.29 is 0 Å². The van der Waals surface area contributed by atoms with E-state index in [1.54, 1.807) is 0 Å². The standard InChI is InChI=1S/C18H20N2/c1-13-12-19-8-9-20(13)16-6-7-18-15(11-16)10-14-4-2-3-5-17(14)18/h2-7,11,13,19H,8-10,12H2,1H3. The van der Waals surface area contributed by atoms with Gasteiger partial charge in [-0.1, -0.05) is 30.3 Å². The van der Waals surface area contributed by atoms with E-state index in [4.69, 9.17) is 0 Å². The first kappa shape index (κ1) is 12.0. The second-order valence-corrected chi connectivity index (χ2v) is 5.92. The summed E-state index contributed by atoms with van der Waals surface area (Å²) in [5.74, 6) is 0. The Labute approximate surface area is 120 Å². The molecular formula is C18H20N2. The second-order valence-electron chi connectivity index (χ2n) is 5.92. The minimum atomic E-state index is 0.575. The van der Waals surface area contributed by atoms with Crippen molar-refractivity contribution in [2.24, 2.45) is 0 Å². The molecule has 2 aromatic rings. The number of anilines is 1. The smallest absolute Gasteiger partial charge is 0.0386 e. The van der Waals surface area contributed by atoms with Crippen LogP contribution in [0.25, 0.3) is 11.1 Å². The van der Waals surface area contributed by atoms with E-state index >= 15 is 0 Å². The molecule has 102 valence electrons. The summed E-state index contributed by atoms with van der Waals surface area (Å²) >= 11 is 0. The van der Waals surface area contributed by atoms with Crippen molar-refractivity contribution in [2.45, 2.75) is 19.4 Å². The number of nitrogens with zero attached hydrogens (tertiary/aromatic N) is 1. The lowest BCUT2D eigenvalue weighted by Crippen LogP contribution is -2.49. The zero-order chi connectivity index (χ0) is 13.5. The van der Waals surface area contributed by atoms with Crippen molar-refractivity contribution in [1.82, 2.24) is 5.32 Å². The van der Waals surface area contributed by atoms with Crippen LogP contribution in [0.3, 0.4) is 0 Å². The molecule has 1 heterocycles. The van der Waals surface area contributed by atoms with Crippen molar-refractivity contribution in [3.05, 3.63) is 53.6 Å². The predicted octanol–water partition coefficient (Wildman–Crippen LogP) is 3.06. The lowest BCUT2D eigenvalue weighted by molar-refractivity contribution is 0.501. The largest absolute Gasteiger partial charge is 0.366 e. The number of benzene rings is 2. The number of rotatable bonds is 1. The van der Waals surface area contributed by atoms with Crippen LogP contribution in [0.15, 0.2) is 42.5 Å². The van der Waals surface area contributed by atoms with E-state index < -0.39 is 0 Å². The third-order valence-corrected chi connectivity index (χ3v) is 4.61. The van der Waals surface area contributed by atoms with E-state index in [0.717, 1.165) is 26.1 Å². The fourth-order valence-corrected chi connectivity index (χ4v) is 3.53. The Morgan fingerprint density at radius 2 is 1.90 bits per heavy atom. The molecule has 1 aliphatic heterocycles. The van der Waals surface area contributed by atoms with Crippen molar-refractivity contribution in [2.75, 3.05) is 24.5 Å². The first-order valence-corrected chi connectivity index (χ1v) is 7.51. The van der Waals surface area contributed by atoms with Gasteiger partial charge in [-0.05, 0) is 47.7 Å². The molecule has 1 saturated heterocycles. The molecule has 0 spiro atoms. The Bertz CT molecular complexity index is 648. The molecule has 20 heavy (non-hydrogen) atoms. The van der Waals surface area contributed by atoms with Crippen LogP contribution in [0.4, 0.5) is 5.69 Å². The van der Waals surface area contributed by atoms with Crippen LogP contribution in [0.2, 0.25) is 0 Å². The molecule has 1 aliphatic carbocycles. The van der Waals surface area contributed by atoms with Crippen molar-refractivity contribution >= 4 is 5.69 Å². The van der Waals surface area contributed by atoms with E-state index in [2.05, 4.69) is 59.6 Å².